The van der Waals surface area contributed by atoms with E-state index < -0.39 is 12.1 Å². The first kappa shape index (κ1) is 14.0. The number of aromatic carboxylic acids is 1. The molecule has 1 aromatic heterocycles. The SMILES string of the molecule is COc1ccc(C(O)c2occc2C(=O)O)c(OC)c1. The Labute approximate surface area is 115 Å². The Hall–Kier alpha value is -2.47. The van der Waals surface area contributed by atoms with Crippen molar-refractivity contribution in [2.24, 2.45) is 0 Å². The molecule has 0 radical (unpaired) electrons. The van der Waals surface area contributed by atoms with Crippen LogP contribution in [0.1, 0.15) is 27.8 Å². The molecule has 0 saturated heterocycles. The first-order valence-electron chi connectivity index (χ1n) is 5.79. The minimum absolute atomic E-state index is 0.0408. The van der Waals surface area contributed by atoms with Gasteiger partial charge in [0.15, 0.2) is 5.76 Å². The monoisotopic (exact) mass is 278 g/mol. The van der Waals surface area contributed by atoms with Gasteiger partial charge in [0.25, 0.3) is 0 Å². The number of rotatable bonds is 5. The van der Waals surface area contributed by atoms with Crippen molar-refractivity contribution in [3.05, 3.63) is 47.4 Å². The molecule has 1 aromatic carbocycles. The lowest BCUT2D eigenvalue weighted by Crippen LogP contribution is -2.07. The van der Waals surface area contributed by atoms with Gasteiger partial charge >= 0.3 is 5.97 Å². The first-order chi connectivity index (χ1) is 9.58. The second-order valence-electron chi connectivity index (χ2n) is 4.01. The van der Waals surface area contributed by atoms with Crippen molar-refractivity contribution < 1.29 is 28.9 Å². The summed E-state index contributed by atoms with van der Waals surface area (Å²) in [7, 11) is 2.96. The lowest BCUT2D eigenvalue weighted by atomic mass is 10.0. The lowest BCUT2D eigenvalue weighted by molar-refractivity contribution is 0.0687. The van der Waals surface area contributed by atoms with Crippen molar-refractivity contribution in [3.8, 4) is 11.5 Å². The van der Waals surface area contributed by atoms with Gasteiger partial charge in [0.1, 0.15) is 23.2 Å². The van der Waals surface area contributed by atoms with E-state index in [9.17, 15) is 9.90 Å². The maximum Gasteiger partial charge on any atom is 0.339 e. The topological polar surface area (TPSA) is 89.1 Å². The minimum Gasteiger partial charge on any atom is -0.497 e. The zero-order valence-corrected chi connectivity index (χ0v) is 11.0. The molecule has 1 heterocycles. The Bertz CT molecular complexity index is 616. The summed E-state index contributed by atoms with van der Waals surface area (Å²) in [6.07, 6.45) is -0.0187. The molecule has 2 rings (SSSR count). The van der Waals surface area contributed by atoms with Gasteiger partial charge in [-0.1, -0.05) is 0 Å². The summed E-state index contributed by atoms with van der Waals surface area (Å²) in [5.41, 5.74) is 0.307. The van der Waals surface area contributed by atoms with Crippen LogP contribution in [-0.4, -0.2) is 30.4 Å². The van der Waals surface area contributed by atoms with Gasteiger partial charge in [0.05, 0.1) is 20.5 Å². The van der Waals surface area contributed by atoms with Gasteiger partial charge in [0.2, 0.25) is 0 Å². The molecule has 0 spiro atoms. The summed E-state index contributed by atoms with van der Waals surface area (Å²) >= 11 is 0. The number of ether oxygens (including phenoxy) is 2. The molecule has 0 saturated carbocycles. The number of furan rings is 1. The molecule has 0 bridgehead atoms. The van der Waals surface area contributed by atoms with E-state index in [0.717, 1.165) is 0 Å². The van der Waals surface area contributed by atoms with Gasteiger partial charge < -0.3 is 24.1 Å². The summed E-state index contributed by atoms with van der Waals surface area (Å²) in [5, 5.41) is 19.3. The van der Waals surface area contributed by atoms with Crippen molar-refractivity contribution in [2.45, 2.75) is 6.10 Å². The number of carboxylic acids is 1. The molecule has 2 aromatic rings. The number of aliphatic hydroxyl groups excluding tert-OH is 1. The Morgan fingerprint density at radius 2 is 2.00 bits per heavy atom. The van der Waals surface area contributed by atoms with Crippen LogP contribution in [0.25, 0.3) is 0 Å². The van der Waals surface area contributed by atoms with Gasteiger partial charge in [-0.2, -0.15) is 0 Å². The highest BCUT2D eigenvalue weighted by atomic mass is 16.5. The van der Waals surface area contributed by atoms with Crippen LogP contribution in [0.2, 0.25) is 0 Å². The summed E-state index contributed by atoms with van der Waals surface area (Å²) in [5.74, 6) is -0.262. The number of carboxylic acid groups (broad SMARTS) is 1. The van der Waals surface area contributed by atoms with Crippen molar-refractivity contribution in [2.75, 3.05) is 14.2 Å². The zero-order valence-electron chi connectivity index (χ0n) is 11.0. The van der Waals surface area contributed by atoms with Crippen LogP contribution in [-0.2, 0) is 0 Å². The Morgan fingerprint density at radius 3 is 2.60 bits per heavy atom. The maximum absolute atomic E-state index is 11.1. The smallest absolute Gasteiger partial charge is 0.339 e. The molecule has 6 heteroatoms. The van der Waals surface area contributed by atoms with Crippen LogP contribution in [0, 0.1) is 0 Å². The zero-order chi connectivity index (χ0) is 14.7. The molecule has 0 amide bonds. The van der Waals surface area contributed by atoms with Crippen molar-refractivity contribution in [1.29, 1.82) is 0 Å². The average Bonchev–Trinajstić information content (AvgIpc) is 2.95. The molecule has 20 heavy (non-hydrogen) atoms. The molecule has 6 nitrogen and oxygen atoms in total. The van der Waals surface area contributed by atoms with E-state index in [2.05, 4.69) is 0 Å². The van der Waals surface area contributed by atoms with E-state index in [1.807, 2.05) is 0 Å². The number of benzene rings is 1. The third-order valence-corrected chi connectivity index (χ3v) is 2.91. The predicted molar refractivity (Wildman–Crippen MR) is 69.3 cm³/mol. The third kappa shape index (κ3) is 2.46. The number of hydrogen-bond donors (Lipinski definition) is 2. The van der Waals surface area contributed by atoms with Crippen LogP contribution in [0.4, 0.5) is 0 Å². The van der Waals surface area contributed by atoms with Crippen LogP contribution < -0.4 is 9.47 Å². The van der Waals surface area contributed by atoms with Gasteiger partial charge in [-0.15, -0.1) is 0 Å². The minimum atomic E-state index is -1.24. The molecule has 0 aliphatic rings. The summed E-state index contributed by atoms with van der Waals surface area (Å²) in [6.45, 7) is 0. The normalized spacial score (nSPS) is 11.9. The van der Waals surface area contributed by atoms with E-state index in [4.69, 9.17) is 19.0 Å². The molecule has 0 aliphatic carbocycles. The molecular formula is C14H14O6. The highest BCUT2D eigenvalue weighted by Gasteiger charge is 2.24. The van der Waals surface area contributed by atoms with E-state index in [-0.39, 0.29) is 11.3 Å². The predicted octanol–water partition coefficient (Wildman–Crippen LogP) is 2.08. The van der Waals surface area contributed by atoms with Gasteiger partial charge in [0, 0.05) is 11.6 Å². The summed E-state index contributed by atoms with van der Waals surface area (Å²) in [4.78, 5) is 11.1. The molecule has 0 aliphatic heterocycles. The first-order valence-corrected chi connectivity index (χ1v) is 5.79. The molecule has 0 fully saturated rings. The summed E-state index contributed by atoms with van der Waals surface area (Å²) < 4.78 is 15.3. The van der Waals surface area contributed by atoms with Crippen molar-refractivity contribution in [3.63, 3.8) is 0 Å². The highest BCUT2D eigenvalue weighted by Crippen LogP contribution is 2.34. The largest absolute Gasteiger partial charge is 0.497 e. The fourth-order valence-corrected chi connectivity index (χ4v) is 1.89. The molecule has 106 valence electrons. The van der Waals surface area contributed by atoms with Gasteiger partial charge in [-0.3, -0.25) is 0 Å². The van der Waals surface area contributed by atoms with Crippen LogP contribution in [0.3, 0.4) is 0 Å². The molecular weight excluding hydrogens is 264 g/mol. The van der Waals surface area contributed by atoms with E-state index >= 15 is 0 Å². The van der Waals surface area contributed by atoms with Crippen LogP contribution in [0.15, 0.2) is 34.9 Å². The number of methoxy groups -OCH3 is 2. The highest BCUT2D eigenvalue weighted by molar-refractivity contribution is 5.89. The quantitative estimate of drug-likeness (QED) is 0.870. The second kappa shape index (κ2) is 5.66. The fraction of sp³-hybridized carbons (Fsp3) is 0.214. The Kier molecular flexibility index (Phi) is 3.95. The fourth-order valence-electron chi connectivity index (χ4n) is 1.89. The van der Waals surface area contributed by atoms with Crippen molar-refractivity contribution >= 4 is 5.97 Å². The average molecular weight is 278 g/mol. The second-order valence-corrected chi connectivity index (χ2v) is 4.01. The Morgan fingerprint density at radius 1 is 1.25 bits per heavy atom. The maximum atomic E-state index is 11.1. The third-order valence-electron chi connectivity index (χ3n) is 2.91. The van der Waals surface area contributed by atoms with E-state index in [1.165, 1.54) is 26.5 Å². The number of carbonyl (C=O) groups is 1. The molecule has 2 N–H and O–H groups in total. The molecule has 1 unspecified atom stereocenters. The van der Waals surface area contributed by atoms with Gasteiger partial charge in [-0.25, -0.2) is 4.79 Å². The van der Waals surface area contributed by atoms with Crippen LogP contribution >= 0.6 is 0 Å². The summed E-state index contributed by atoms with van der Waals surface area (Å²) in [6, 6.07) is 6.12. The standard InChI is InChI=1S/C14H14O6/c1-18-8-3-4-9(11(7-8)19-2)12(15)13-10(14(16)17)5-6-20-13/h3-7,12,15H,1-2H3,(H,16,17). The van der Waals surface area contributed by atoms with E-state index in [1.54, 1.807) is 18.2 Å². The number of aliphatic hydroxyl groups is 1. The van der Waals surface area contributed by atoms with Crippen molar-refractivity contribution in [1.82, 2.24) is 0 Å². The molecule has 1 atom stereocenters. The van der Waals surface area contributed by atoms with Crippen LogP contribution in [0.5, 0.6) is 11.5 Å². The Balaban J connectivity index is 2.45. The lowest BCUT2D eigenvalue weighted by Gasteiger charge is -2.14. The number of hydrogen-bond acceptors (Lipinski definition) is 5. The van der Waals surface area contributed by atoms with E-state index in [0.29, 0.717) is 17.1 Å². The van der Waals surface area contributed by atoms with Gasteiger partial charge in [-0.05, 0) is 18.2 Å².